The van der Waals surface area contributed by atoms with Crippen LogP contribution in [0.1, 0.15) is 0 Å². The van der Waals surface area contributed by atoms with Gasteiger partial charge in [-0.1, -0.05) is 11.6 Å². The number of nitrogens with two attached hydrogens (primary N) is 1. The molecule has 0 aliphatic carbocycles. The zero-order valence-electron chi connectivity index (χ0n) is 8.51. The van der Waals surface area contributed by atoms with Gasteiger partial charge in [0.25, 0.3) is 5.56 Å². The number of rotatable bonds is 3. The van der Waals surface area contributed by atoms with Gasteiger partial charge in [0.2, 0.25) is 0 Å². The number of nitrogens with zero attached hydrogens (tertiary/aromatic N) is 3. The summed E-state index contributed by atoms with van der Waals surface area (Å²) in [5.41, 5.74) is 6.09. The van der Waals surface area contributed by atoms with Gasteiger partial charge < -0.3 is 10.3 Å². The molecule has 2 aromatic heterocycles. The lowest BCUT2D eigenvalue weighted by Gasteiger charge is -2.06. The fourth-order valence-electron chi connectivity index (χ4n) is 1.40. The topological polar surface area (TPSA) is 65.8 Å². The number of aromatic nitrogens is 3. The maximum atomic E-state index is 11.4. The summed E-state index contributed by atoms with van der Waals surface area (Å²) in [7, 11) is 0. The van der Waals surface area contributed by atoms with Gasteiger partial charge in [0.05, 0.1) is 17.8 Å². The summed E-state index contributed by atoms with van der Waals surface area (Å²) >= 11 is 5.73. The lowest BCUT2D eigenvalue weighted by Crippen LogP contribution is -2.21. The number of anilines is 1. The molecule has 0 bridgehead atoms. The van der Waals surface area contributed by atoms with Crippen LogP contribution in [0.2, 0.25) is 5.02 Å². The van der Waals surface area contributed by atoms with Crippen LogP contribution in [-0.2, 0) is 13.1 Å². The summed E-state index contributed by atoms with van der Waals surface area (Å²) in [6, 6.07) is 3.04. The lowest BCUT2D eigenvalue weighted by molar-refractivity contribution is 0.524. The van der Waals surface area contributed by atoms with E-state index in [4.69, 9.17) is 17.3 Å². The Morgan fingerprint density at radius 1 is 1.31 bits per heavy atom. The van der Waals surface area contributed by atoms with Crippen LogP contribution in [0.4, 0.5) is 5.69 Å². The van der Waals surface area contributed by atoms with Crippen molar-refractivity contribution < 1.29 is 0 Å². The Bertz CT molecular complexity index is 546. The molecule has 0 saturated heterocycles. The number of nitrogen functional groups attached to an aromatic ring is 1. The molecule has 0 atom stereocenters. The fourth-order valence-corrected chi connectivity index (χ4v) is 1.55. The molecule has 0 amide bonds. The molecule has 16 heavy (non-hydrogen) atoms. The maximum absolute atomic E-state index is 11.4. The van der Waals surface area contributed by atoms with Crippen LogP contribution in [0, 0.1) is 0 Å². The summed E-state index contributed by atoms with van der Waals surface area (Å²) in [6.45, 7) is 1.10. The first kappa shape index (κ1) is 10.8. The Hall–Kier alpha value is -1.75. The van der Waals surface area contributed by atoms with E-state index in [1.165, 1.54) is 6.07 Å². The van der Waals surface area contributed by atoms with E-state index >= 15 is 0 Å². The minimum absolute atomic E-state index is 0.0764. The van der Waals surface area contributed by atoms with Crippen molar-refractivity contribution in [2.24, 2.45) is 0 Å². The second-order valence-corrected chi connectivity index (χ2v) is 3.85. The Morgan fingerprint density at radius 2 is 2.12 bits per heavy atom. The zero-order valence-corrected chi connectivity index (χ0v) is 9.26. The van der Waals surface area contributed by atoms with Crippen molar-refractivity contribution >= 4 is 17.3 Å². The van der Waals surface area contributed by atoms with Crippen molar-refractivity contribution in [3.8, 4) is 0 Å². The van der Waals surface area contributed by atoms with Crippen molar-refractivity contribution in [1.29, 1.82) is 0 Å². The van der Waals surface area contributed by atoms with Gasteiger partial charge in [-0.05, 0) is 6.07 Å². The molecule has 2 aromatic rings. The van der Waals surface area contributed by atoms with Crippen molar-refractivity contribution in [1.82, 2.24) is 14.3 Å². The van der Waals surface area contributed by atoms with Gasteiger partial charge in [0.15, 0.2) is 0 Å². The highest BCUT2D eigenvalue weighted by Crippen LogP contribution is 2.04. The van der Waals surface area contributed by atoms with E-state index in [0.29, 0.717) is 23.8 Å². The lowest BCUT2D eigenvalue weighted by atomic mass is 10.4. The van der Waals surface area contributed by atoms with Crippen molar-refractivity contribution in [2.45, 2.75) is 13.1 Å². The zero-order chi connectivity index (χ0) is 11.5. The number of pyridine rings is 1. The van der Waals surface area contributed by atoms with Crippen LogP contribution in [0.5, 0.6) is 0 Å². The molecule has 0 aliphatic heterocycles. The number of hydrogen-bond acceptors (Lipinski definition) is 3. The second-order valence-electron chi connectivity index (χ2n) is 3.42. The Morgan fingerprint density at radius 3 is 2.81 bits per heavy atom. The molecule has 0 aliphatic rings. The molecule has 0 spiro atoms. The molecular formula is C10H11ClN4O. The molecule has 0 aromatic carbocycles. The largest absolute Gasteiger partial charge is 0.398 e. The average molecular weight is 239 g/mol. The summed E-state index contributed by atoms with van der Waals surface area (Å²) in [6.07, 6.45) is 4.88. The molecule has 5 nitrogen and oxygen atoms in total. The van der Waals surface area contributed by atoms with E-state index in [0.717, 1.165) is 0 Å². The van der Waals surface area contributed by atoms with E-state index < -0.39 is 0 Å². The predicted octanol–water partition coefficient (Wildman–Crippen LogP) is 0.981. The second kappa shape index (κ2) is 4.40. The monoisotopic (exact) mass is 238 g/mol. The molecule has 84 valence electrons. The Kier molecular flexibility index (Phi) is 2.96. The molecular weight excluding hydrogens is 228 g/mol. The highest BCUT2D eigenvalue weighted by molar-refractivity contribution is 6.30. The van der Waals surface area contributed by atoms with Crippen molar-refractivity contribution in [3.63, 3.8) is 0 Å². The molecule has 0 radical (unpaired) electrons. The van der Waals surface area contributed by atoms with Crippen LogP contribution < -0.4 is 11.3 Å². The highest BCUT2D eigenvalue weighted by atomic mass is 35.5. The summed E-state index contributed by atoms with van der Waals surface area (Å²) in [5, 5.41) is 4.60. The van der Waals surface area contributed by atoms with E-state index in [9.17, 15) is 4.79 Å². The van der Waals surface area contributed by atoms with Gasteiger partial charge in [0, 0.05) is 30.7 Å². The molecule has 0 unspecified atom stereocenters. The summed E-state index contributed by atoms with van der Waals surface area (Å²) < 4.78 is 3.23. The fraction of sp³-hybridized carbons (Fsp3) is 0.200. The van der Waals surface area contributed by atoms with Crippen molar-refractivity contribution in [2.75, 3.05) is 5.73 Å². The van der Waals surface area contributed by atoms with Crippen LogP contribution in [0.15, 0.2) is 35.5 Å². The molecule has 2 rings (SSSR count). The van der Waals surface area contributed by atoms with Gasteiger partial charge in [-0.15, -0.1) is 0 Å². The first-order valence-corrected chi connectivity index (χ1v) is 5.17. The standard InChI is InChI=1S/C10H11ClN4O/c11-8-5-13-15(6-8)4-3-14-7-9(12)1-2-10(14)16/h1-2,5-7H,3-4,12H2. The van der Waals surface area contributed by atoms with Gasteiger partial charge in [0.1, 0.15) is 0 Å². The SMILES string of the molecule is Nc1ccc(=O)n(CCn2cc(Cl)cn2)c1. The number of halogens is 1. The van der Waals surface area contributed by atoms with E-state index in [1.807, 2.05) is 0 Å². The minimum atomic E-state index is -0.0764. The molecule has 0 fully saturated rings. The number of hydrogen-bond donors (Lipinski definition) is 1. The van der Waals surface area contributed by atoms with Crippen LogP contribution in [0.3, 0.4) is 0 Å². The maximum Gasteiger partial charge on any atom is 0.250 e. The first-order valence-electron chi connectivity index (χ1n) is 4.79. The first-order chi connectivity index (χ1) is 7.65. The van der Waals surface area contributed by atoms with Crippen LogP contribution in [-0.4, -0.2) is 14.3 Å². The predicted molar refractivity (Wildman–Crippen MR) is 62.4 cm³/mol. The minimum Gasteiger partial charge on any atom is -0.398 e. The third-order valence-corrected chi connectivity index (χ3v) is 2.37. The average Bonchev–Trinajstić information content (AvgIpc) is 2.66. The smallest absolute Gasteiger partial charge is 0.250 e. The summed E-state index contributed by atoms with van der Waals surface area (Å²) in [5.74, 6) is 0. The van der Waals surface area contributed by atoms with Crippen LogP contribution in [0.25, 0.3) is 0 Å². The third kappa shape index (κ3) is 2.43. The van der Waals surface area contributed by atoms with Crippen molar-refractivity contribution in [3.05, 3.63) is 46.1 Å². The molecule has 2 heterocycles. The van der Waals surface area contributed by atoms with Gasteiger partial charge in [-0.25, -0.2) is 0 Å². The molecule has 6 heteroatoms. The Labute approximate surface area is 97.1 Å². The quantitative estimate of drug-likeness (QED) is 0.867. The summed E-state index contributed by atoms with van der Waals surface area (Å²) in [4.78, 5) is 11.4. The van der Waals surface area contributed by atoms with Gasteiger partial charge in [-0.2, -0.15) is 5.10 Å². The van der Waals surface area contributed by atoms with E-state index in [-0.39, 0.29) is 5.56 Å². The van der Waals surface area contributed by atoms with Gasteiger partial charge >= 0.3 is 0 Å². The van der Waals surface area contributed by atoms with Crippen LogP contribution >= 0.6 is 11.6 Å². The normalized spacial score (nSPS) is 10.6. The highest BCUT2D eigenvalue weighted by Gasteiger charge is 1.99. The molecule has 0 saturated carbocycles. The van der Waals surface area contributed by atoms with E-state index in [2.05, 4.69) is 5.10 Å². The van der Waals surface area contributed by atoms with E-state index in [1.54, 1.807) is 33.9 Å². The third-order valence-electron chi connectivity index (χ3n) is 2.18. The Balaban J connectivity index is 2.10. The number of aryl methyl sites for hydroxylation is 2. The molecule has 2 N–H and O–H groups in total. The van der Waals surface area contributed by atoms with Gasteiger partial charge in [-0.3, -0.25) is 9.48 Å².